The van der Waals surface area contributed by atoms with E-state index in [4.69, 9.17) is 0 Å². The molecule has 1 aromatic heterocycles. The molecule has 0 unspecified atom stereocenters. The Morgan fingerprint density at radius 2 is 2.09 bits per heavy atom. The van der Waals surface area contributed by atoms with Gasteiger partial charge in [0, 0.05) is 12.3 Å². The number of nitrogens with one attached hydrogen (secondary N) is 1. The van der Waals surface area contributed by atoms with Crippen molar-refractivity contribution in [3.8, 4) is 0 Å². The van der Waals surface area contributed by atoms with Crippen molar-refractivity contribution in [3.05, 3.63) is 34.0 Å². The van der Waals surface area contributed by atoms with Gasteiger partial charge in [0.25, 0.3) is 6.43 Å². The summed E-state index contributed by atoms with van der Waals surface area (Å²) >= 11 is 0. The quantitative estimate of drug-likeness (QED) is 0.624. The van der Waals surface area contributed by atoms with Crippen LogP contribution in [0.2, 0.25) is 0 Å². The van der Waals surface area contributed by atoms with Crippen molar-refractivity contribution in [3.63, 3.8) is 0 Å². The predicted molar refractivity (Wildman–Crippen MR) is 32.0 cm³/mol. The number of halogens is 3. The van der Waals surface area contributed by atoms with Crippen molar-refractivity contribution < 1.29 is 13.2 Å². The zero-order valence-corrected chi connectivity index (χ0v) is 5.27. The lowest BCUT2D eigenvalue weighted by atomic mass is 10.3. The Labute approximate surface area is 59.7 Å². The highest BCUT2D eigenvalue weighted by Gasteiger charge is 2.16. The average Bonchev–Trinajstić information content (AvgIpc) is 1.85. The molecule has 0 radical (unpaired) electrons. The van der Waals surface area contributed by atoms with Crippen LogP contribution in [-0.2, 0) is 0 Å². The summed E-state index contributed by atoms with van der Waals surface area (Å²) in [5, 5.41) is 0. The summed E-state index contributed by atoms with van der Waals surface area (Å²) in [6.07, 6.45) is -2.09. The first-order valence-electron chi connectivity index (χ1n) is 2.78. The molecule has 11 heavy (non-hydrogen) atoms. The third kappa shape index (κ3) is 1.42. The van der Waals surface area contributed by atoms with E-state index in [0.717, 1.165) is 12.3 Å². The van der Waals surface area contributed by atoms with Gasteiger partial charge in [-0.2, -0.15) is 4.39 Å². The molecule has 0 amide bonds. The number of aromatic amines is 1. The van der Waals surface area contributed by atoms with Gasteiger partial charge in [-0.05, 0) is 0 Å². The second-order valence-electron chi connectivity index (χ2n) is 1.87. The summed E-state index contributed by atoms with van der Waals surface area (Å²) in [4.78, 5) is 12.4. The van der Waals surface area contributed by atoms with Crippen LogP contribution in [0.3, 0.4) is 0 Å². The average molecular weight is 163 g/mol. The van der Waals surface area contributed by atoms with Crippen LogP contribution in [0.15, 0.2) is 17.1 Å². The Kier molecular flexibility index (Phi) is 1.98. The van der Waals surface area contributed by atoms with Crippen molar-refractivity contribution in [2.24, 2.45) is 0 Å². The van der Waals surface area contributed by atoms with Crippen molar-refractivity contribution in [2.45, 2.75) is 6.43 Å². The van der Waals surface area contributed by atoms with Crippen LogP contribution in [0.4, 0.5) is 13.2 Å². The maximum atomic E-state index is 12.4. The number of aromatic nitrogens is 1. The second kappa shape index (κ2) is 2.77. The summed E-state index contributed by atoms with van der Waals surface area (Å²) < 4.78 is 36.0. The van der Waals surface area contributed by atoms with Crippen molar-refractivity contribution in [1.82, 2.24) is 4.98 Å². The fourth-order valence-corrected chi connectivity index (χ4v) is 0.670. The zero-order valence-electron chi connectivity index (χ0n) is 5.27. The first-order valence-corrected chi connectivity index (χ1v) is 2.78. The monoisotopic (exact) mass is 163 g/mol. The molecule has 1 rings (SSSR count). The summed E-state index contributed by atoms with van der Waals surface area (Å²) in [6.45, 7) is 0. The van der Waals surface area contributed by atoms with Crippen LogP contribution in [0.25, 0.3) is 0 Å². The highest BCUT2D eigenvalue weighted by Crippen LogP contribution is 2.15. The molecule has 0 fully saturated rings. The third-order valence-electron chi connectivity index (χ3n) is 1.16. The number of hydrogen-bond acceptors (Lipinski definition) is 1. The van der Waals surface area contributed by atoms with Gasteiger partial charge in [0.15, 0.2) is 5.43 Å². The highest BCUT2D eigenvalue weighted by molar-refractivity contribution is 5.12. The second-order valence-corrected chi connectivity index (χ2v) is 1.87. The van der Waals surface area contributed by atoms with Crippen LogP contribution in [-0.4, -0.2) is 4.98 Å². The largest absolute Gasteiger partial charge is 0.338 e. The fourth-order valence-electron chi connectivity index (χ4n) is 0.670. The summed E-state index contributed by atoms with van der Waals surface area (Å²) in [5.74, 6) is -1.27. The van der Waals surface area contributed by atoms with Crippen molar-refractivity contribution in [1.29, 1.82) is 0 Å². The molecule has 0 atom stereocenters. The highest BCUT2D eigenvalue weighted by atomic mass is 19.3. The number of pyridine rings is 1. The van der Waals surface area contributed by atoms with Crippen molar-refractivity contribution >= 4 is 0 Å². The molecule has 0 saturated carbocycles. The summed E-state index contributed by atoms with van der Waals surface area (Å²) in [5.41, 5.74) is -2.09. The van der Waals surface area contributed by atoms with E-state index in [0.29, 0.717) is 0 Å². The minimum absolute atomic E-state index is 0.852. The molecule has 1 N–H and O–H groups in total. The van der Waals surface area contributed by atoms with E-state index < -0.39 is 23.4 Å². The van der Waals surface area contributed by atoms with Crippen LogP contribution < -0.4 is 5.43 Å². The van der Waals surface area contributed by atoms with E-state index in [1.54, 1.807) is 0 Å². The molecule has 0 saturated heterocycles. The SMILES string of the molecule is O=c1cc[nH]c(F)c1C(F)F. The third-order valence-corrected chi connectivity index (χ3v) is 1.16. The topological polar surface area (TPSA) is 32.9 Å². The lowest BCUT2D eigenvalue weighted by Crippen LogP contribution is -2.11. The van der Waals surface area contributed by atoms with Gasteiger partial charge in [-0.1, -0.05) is 0 Å². The molecule has 1 aromatic rings. The summed E-state index contributed by atoms with van der Waals surface area (Å²) in [7, 11) is 0. The Morgan fingerprint density at radius 3 is 2.45 bits per heavy atom. The molecule has 0 aromatic carbocycles. The normalized spacial score (nSPS) is 10.5. The van der Waals surface area contributed by atoms with Gasteiger partial charge in [-0.25, -0.2) is 8.78 Å². The Hall–Kier alpha value is -1.26. The van der Waals surface area contributed by atoms with Gasteiger partial charge in [0.2, 0.25) is 5.95 Å². The molecule has 60 valence electrons. The van der Waals surface area contributed by atoms with Crippen molar-refractivity contribution in [2.75, 3.05) is 0 Å². The van der Waals surface area contributed by atoms with Gasteiger partial charge in [0.05, 0.1) is 0 Å². The maximum absolute atomic E-state index is 12.4. The Morgan fingerprint density at radius 1 is 1.45 bits per heavy atom. The van der Waals surface area contributed by atoms with Crippen LogP contribution in [0, 0.1) is 5.95 Å². The van der Waals surface area contributed by atoms with Gasteiger partial charge in [-0.15, -0.1) is 0 Å². The molecule has 0 aliphatic carbocycles. The van der Waals surface area contributed by atoms with E-state index in [-0.39, 0.29) is 0 Å². The van der Waals surface area contributed by atoms with E-state index in [9.17, 15) is 18.0 Å². The van der Waals surface area contributed by atoms with Gasteiger partial charge in [-0.3, -0.25) is 4.79 Å². The van der Waals surface area contributed by atoms with E-state index in [2.05, 4.69) is 0 Å². The summed E-state index contributed by atoms with van der Waals surface area (Å²) in [6, 6.07) is 0.852. The van der Waals surface area contributed by atoms with Gasteiger partial charge >= 0.3 is 0 Å². The first-order chi connectivity index (χ1) is 5.13. The lowest BCUT2D eigenvalue weighted by molar-refractivity contribution is 0.144. The van der Waals surface area contributed by atoms with Gasteiger partial charge < -0.3 is 4.98 Å². The number of hydrogen-bond donors (Lipinski definition) is 1. The molecule has 0 bridgehead atoms. The minimum atomic E-state index is -3.07. The molecule has 5 heteroatoms. The molecule has 0 aliphatic rings. The number of H-pyrrole nitrogens is 1. The van der Waals surface area contributed by atoms with Crippen LogP contribution in [0.1, 0.15) is 12.0 Å². The lowest BCUT2D eigenvalue weighted by Gasteiger charge is -1.97. The fraction of sp³-hybridized carbons (Fsp3) is 0.167. The number of alkyl halides is 2. The molecule has 2 nitrogen and oxygen atoms in total. The van der Waals surface area contributed by atoms with Crippen LogP contribution >= 0.6 is 0 Å². The number of rotatable bonds is 1. The molecular formula is C6H4F3NO. The smallest absolute Gasteiger partial charge is 0.271 e. The van der Waals surface area contributed by atoms with E-state index >= 15 is 0 Å². The Bertz CT molecular complexity index is 307. The zero-order chi connectivity index (χ0) is 8.43. The molecule has 1 heterocycles. The first kappa shape index (κ1) is 7.84. The maximum Gasteiger partial charge on any atom is 0.271 e. The predicted octanol–water partition coefficient (Wildman–Crippen LogP) is 1.45. The molecular weight excluding hydrogens is 159 g/mol. The molecule has 0 spiro atoms. The van der Waals surface area contributed by atoms with E-state index in [1.807, 2.05) is 4.98 Å². The van der Waals surface area contributed by atoms with E-state index in [1.165, 1.54) is 0 Å². The molecule has 0 aliphatic heterocycles. The van der Waals surface area contributed by atoms with Crippen LogP contribution in [0.5, 0.6) is 0 Å². The minimum Gasteiger partial charge on any atom is -0.338 e. The van der Waals surface area contributed by atoms with Gasteiger partial charge in [0.1, 0.15) is 5.56 Å². The standard InChI is InChI=1S/C6H4F3NO/c7-5(8)4-3(11)1-2-10-6(4)9/h1-2,5H,(H,10,11). The Balaban J connectivity index is 3.33.